The number of hydrogen-bond acceptors (Lipinski definition) is 2. The van der Waals surface area contributed by atoms with Gasteiger partial charge in [-0.1, -0.05) is 0 Å². The fourth-order valence-electron chi connectivity index (χ4n) is 2.35. The SMILES string of the molecule is Cc1cccnc1[N]([Si](C)(C)C)[Sn]([CH3])([CH3])[CH3]. The fourth-order valence-corrected chi connectivity index (χ4v) is 24.9. The zero-order valence-electron chi connectivity index (χ0n) is 11.6. The van der Waals surface area contributed by atoms with Gasteiger partial charge in [-0.25, -0.2) is 0 Å². The van der Waals surface area contributed by atoms with Crippen LogP contribution in [0.1, 0.15) is 5.56 Å². The van der Waals surface area contributed by atoms with Crippen molar-refractivity contribution in [1.29, 1.82) is 0 Å². The van der Waals surface area contributed by atoms with Crippen LogP contribution in [0.2, 0.25) is 34.5 Å². The molecule has 0 unspecified atom stereocenters. The van der Waals surface area contributed by atoms with Crippen LogP contribution in [0.25, 0.3) is 0 Å². The molecule has 0 aromatic carbocycles. The van der Waals surface area contributed by atoms with Crippen molar-refractivity contribution in [2.24, 2.45) is 0 Å². The van der Waals surface area contributed by atoms with Crippen molar-refractivity contribution in [3.05, 3.63) is 23.9 Å². The molecule has 1 heterocycles. The van der Waals surface area contributed by atoms with Crippen molar-refractivity contribution in [3.63, 3.8) is 0 Å². The molecule has 16 heavy (non-hydrogen) atoms. The van der Waals surface area contributed by atoms with E-state index < -0.39 is 26.9 Å². The predicted octanol–water partition coefficient (Wildman–Crippen LogP) is 3.87. The van der Waals surface area contributed by atoms with Gasteiger partial charge in [0.1, 0.15) is 0 Å². The molecule has 1 aromatic heterocycles. The van der Waals surface area contributed by atoms with Crippen LogP contribution in [0, 0.1) is 6.92 Å². The molecule has 0 fully saturated rings. The minimum absolute atomic E-state index is 1.24. The molecule has 1 aromatic rings. The van der Waals surface area contributed by atoms with Crippen molar-refractivity contribution >= 4 is 32.7 Å². The second kappa shape index (κ2) is 4.68. The number of nitrogens with zero attached hydrogens (tertiary/aromatic N) is 2. The normalized spacial score (nSPS) is 12.7. The Labute approximate surface area is 105 Å². The number of anilines is 1. The molecule has 0 bridgehead atoms. The van der Waals surface area contributed by atoms with Crippen molar-refractivity contribution in [3.8, 4) is 0 Å². The summed E-state index contributed by atoms with van der Waals surface area (Å²) in [5.41, 5.74) is 1.32. The molecule has 4 heteroatoms. The first-order chi connectivity index (χ1) is 7.14. The van der Waals surface area contributed by atoms with E-state index >= 15 is 0 Å². The number of pyridine rings is 1. The average Bonchev–Trinajstić information content (AvgIpc) is 2.03. The zero-order chi connectivity index (χ0) is 12.6. The molecule has 0 spiro atoms. The second-order valence-electron chi connectivity index (χ2n) is 6.32. The summed E-state index contributed by atoms with van der Waals surface area (Å²) in [4.78, 5) is 12.0. The minimum atomic E-state index is -2.12. The van der Waals surface area contributed by atoms with E-state index in [0.717, 1.165) is 0 Å². The average molecular weight is 343 g/mol. The molecule has 0 saturated heterocycles. The molecule has 0 amide bonds. The first-order valence-corrected chi connectivity index (χ1v) is 19.1. The molecule has 0 radical (unpaired) electrons. The van der Waals surface area contributed by atoms with Crippen LogP contribution in [0.15, 0.2) is 18.3 Å². The first kappa shape index (κ1) is 14.0. The number of rotatable bonds is 3. The Balaban J connectivity index is 3.29. The van der Waals surface area contributed by atoms with Crippen LogP contribution in [-0.4, -0.2) is 31.9 Å². The summed E-state index contributed by atoms with van der Waals surface area (Å²) >= 11 is -2.12. The summed E-state index contributed by atoms with van der Waals surface area (Å²) in [7, 11) is -1.33. The van der Waals surface area contributed by atoms with Gasteiger partial charge in [0.05, 0.1) is 0 Å². The number of aryl methyl sites for hydroxylation is 1. The van der Waals surface area contributed by atoms with Crippen molar-refractivity contribution in [2.75, 3.05) is 2.79 Å². The molecular weight excluding hydrogens is 319 g/mol. The maximum atomic E-state index is 4.62. The van der Waals surface area contributed by atoms with Gasteiger partial charge in [-0.05, 0) is 0 Å². The molecule has 90 valence electrons. The van der Waals surface area contributed by atoms with E-state index in [0.29, 0.717) is 0 Å². The van der Waals surface area contributed by atoms with Gasteiger partial charge in [0.25, 0.3) is 0 Å². The van der Waals surface area contributed by atoms with Crippen LogP contribution < -0.4 is 2.79 Å². The Morgan fingerprint density at radius 2 is 1.75 bits per heavy atom. The van der Waals surface area contributed by atoms with Crippen LogP contribution in [0.3, 0.4) is 0 Å². The van der Waals surface area contributed by atoms with Gasteiger partial charge in [-0.3, -0.25) is 0 Å². The zero-order valence-corrected chi connectivity index (χ0v) is 15.5. The van der Waals surface area contributed by atoms with Gasteiger partial charge in [0.2, 0.25) is 0 Å². The Morgan fingerprint density at radius 1 is 1.19 bits per heavy atom. The third-order valence-electron chi connectivity index (χ3n) is 2.54. The molecule has 0 N–H and O–H groups in total. The van der Waals surface area contributed by atoms with E-state index in [2.05, 4.69) is 55.2 Å². The molecule has 2 nitrogen and oxygen atoms in total. The Hall–Kier alpha value is -0.0344. The van der Waals surface area contributed by atoms with Gasteiger partial charge in [0, 0.05) is 0 Å². The molecule has 0 aliphatic carbocycles. The maximum absolute atomic E-state index is 4.62. The van der Waals surface area contributed by atoms with Gasteiger partial charge in [0.15, 0.2) is 0 Å². The summed E-state index contributed by atoms with van der Waals surface area (Å²) in [6.45, 7) is 9.43. The van der Waals surface area contributed by atoms with Crippen LogP contribution >= 0.6 is 0 Å². The molecule has 0 aliphatic heterocycles. The van der Waals surface area contributed by atoms with Gasteiger partial charge < -0.3 is 0 Å². The van der Waals surface area contributed by atoms with E-state index in [1.165, 1.54) is 11.4 Å². The van der Waals surface area contributed by atoms with Gasteiger partial charge >= 0.3 is 106 Å². The third-order valence-corrected chi connectivity index (χ3v) is 18.8. The molecular formula is C12H24N2SiSn. The first-order valence-electron chi connectivity index (χ1n) is 5.86. The van der Waals surface area contributed by atoms with Crippen molar-refractivity contribution in [2.45, 2.75) is 41.4 Å². The van der Waals surface area contributed by atoms with Gasteiger partial charge in [-0.15, -0.1) is 0 Å². The topological polar surface area (TPSA) is 16.1 Å². The fraction of sp³-hybridized carbons (Fsp3) is 0.583. The summed E-state index contributed by atoms with van der Waals surface area (Å²) < 4.78 is 2.73. The van der Waals surface area contributed by atoms with E-state index in [9.17, 15) is 0 Å². The molecule has 1 rings (SSSR count). The summed E-state index contributed by atoms with van der Waals surface area (Å²) in [5, 5.41) is 0. The Kier molecular flexibility index (Phi) is 4.11. The van der Waals surface area contributed by atoms with Crippen LogP contribution in [-0.2, 0) is 0 Å². The molecule has 0 saturated carbocycles. The second-order valence-corrected chi connectivity index (χ2v) is 26.1. The van der Waals surface area contributed by atoms with Crippen LogP contribution in [0.5, 0.6) is 0 Å². The summed E-state index contributed by atoms with van der Waals surface area (Å²) in [6, 6.07) is 4.20. The number of aromatic nitrogens is 1. The van der Waals surface area contributed by atoms with E-state index in [1.54, 1.807) is 0 Å². The Bertz CT molecular complexity index is 352. The van der Waals surface area contributed by atoms with Crippen molar-refractivity contribution in [1.82, 2.24) is 4.98 Å². The van der Waals surface area contributed by atoms with E-state index in [-0.39, 0.29) is 0 Å². The standard InChI is InChI=1S/C9H15N2Si.3CH3.Sn/c1-8-6-5-7-10-9(8)11-12(2,3)4;;;;/h5-7H,1-4H3;3*1H3;/q-1;;;;+1. The summed E-state index contributed by atoms with van der Waals surface area (Å²) in [6.07, 6.45) is 1.92. The molecule has 0 aliphatic rings. The quantitative estimate of drug-likeness (QED) is 0.775. The van der Waals surface area contributed by atoms with E-state index in [1.807, 2.05) is 12.3 Å². The van der Waals surface area contributed by atoms with E-state index in [4.69, 9.17) is 0 Å². The monoisotopic (exact) mass is 344 g/mol. The van der Waals surface area contributed by atoms with Crippen molar-refractivity contribution < 1.29 is 0 Å². The number of hydrogen-bond donors (Lipinski definition) is 0. The summed E-state index contributed by atoms with van der Waals surface area (Å²) in [5.74, 6) is 1.24. The third kappa shape index (κ3) is 3.23. The molecule has 0 atom stereocenters. The van der Waals surface area contributed by atoms with Gasteiger partial charge in [-0.2, -0.15) is 0 Å². The van der Waals surface area contributed by atoms with Crippen LogP contribution in [0.4, 0.5) is 5.82 Å². The Morgan fingerprint density at radius 3 is 2.12 bits per heavy atom. The predicted molar refractivity (Wildman–Crippen MR) is 78.1 cm³/mol.